The van der Waals surface area contributed by atoms with Gasteiger partial charge in [0.05, 0.1) is 6.61 Å². The number of rotatable bonds is 7. The van der Waals surface area contributed by atoms with E-state index >= 15 is 0 Å². The van der Waals surface area contributed by atoms with Gasteiger partial charge in [-0.2, -0.15) is 0 Å². The molecule has 0 aliphatic heterocycles. The molecule has 0 radical (unpaired) electrons. The van der Waals surface area contributed by atoms with Crippen LogP contribution in [0.2, 0.25) is 0 Å². The van der Waals surface area contributed by atoms with Gasteiger partial charge in [0.2, 0.25) is 0 Å². The zero-order valence-electron chi connectivity index (χ0n) is 12.5. The Labute approximate surface area is 120 Å². The molecule has 0 saturated heterocycles. The first-order chi connectivity index (χ1) is 9.69. The van der Waals surface area contributed by atoms with Gasteiger partial charge in [0.1, 0.15) is 0 Å². The Hall–Kier alpha value is -1.36. The summed E-state index contributed by atoms with van der Waals surface area (Å²) in [6.07, 6.45) is 0.705. The number of benzene rings is 1. The van der Waals surface area contributed by atoms with Crippen molar-refractivity contribution in [3.05, 3.63) is 35.5 Å². The second-order valence-electron chi connectivity index (χ2n) is 5.19. The van der Waals surface area contributed by atoms with Crippen LogP contribution in [0.25, 0.3) is 10.9 Å². The monoisotopic (exact) mass is 276 g/mol. The lowest BCUT2D eigenvalue weighted by Crippen LogP contribution is -2.34. The van der Waals surface area contributed by atoms with E-state index in [-0.39, 0.29) is 12.6 Å². The van der Waals surface area contributed by atoms with Crippen LogP contribution in [0.5, 0.6) is 0 Å². The van der Waals surface area contributed by atoms with Gasteiger partial charge in [-0.15, -0.1) is 0 Å². The number of nitrogens with one attached hydrogen (secondary N) is 1. The maximum Gasteiger partial charge on any atom is 0.0616 e. The molecule has 1 aromatic heterocycles. The third kappa shape index (κ3) is 3.03. The van der Waals surface area contributed by atoms with Gasteiger partial charge in [-0.05, 0) is 25.0 Å². The summed E-state index contributed by atoms with van der Waals surface area (Å²) in [5.41, 5.74) is 3.85. The fraction of sp³-hybridized carbons (Fsp3) is 0.500. The summed E-state index contributed by atoms with van der Waals surface area (Å²) in [5.74, 6) is 0. The fourth-order valence-electron chi connectivity index (χ4n) is 2.73. The predicted octanol–water partition coefficient (Wildman–Crippen LogP) is 1.97. The van der Waals surface area contributed by atoms with E-state index in [1.54, 1.807) is 7.11 Å². The van der Waals surface area contributed by atoms with Crippen LogP contribution in [0.4, 0.5) is 0 Å². The molecule has 0 aliphatic rings. The lowest BCUT2D eigenvalue weighted by atomic mass is 10.1. The normalized spacial score (nSPS) is 13.0. The summed E-state index contributed by atoms with van der Waals surface area (Å²) in [6, 6.07) is 8.63. The topological polar surface area (TPSA) is 46.4 Å². The van der Waals surface area contributed by atoms with E-state index in [2.05, 4.69) is 48.1 Å². The first kappa shape index (κ1) is 15.0. The average molecular weight is 276 g/mol. The molecule has 2 aromatic rings. The highest BCUT2D eigenvalue weighted by atomic mass is 16.5. The van der Waals surface area contributed by atoms with E-state index in [1.165, 1.54) is 22.2 Å². The number of para-hydroxylation sites is 1. The van der Waals surface area contributed by atoms with Crippen molar-refractivity contribution < 1.29 is 9.84 Å². The number of methoxy groups -OCH3 is 1. The molecule has 0 fully saturated rings. The van der Waals surface area contributed by atoms with Gasteiger partial charge in [-0.1, -0.05) is 18.2 Å². The molecule has 1 unspecified atom stereocenters. The highest BCUT2D eigenvalue weighted by Gasteiger charge is 2.13. The predicted molar refractivity (Wildman–Crippen MR) is 81.9 cm³/mol. The van der Waals surface area contributed by atoms with Crippen LogP contribution < -0.4 is 5.32 Å². The van der Waals surface area contributed by atoms with Crippen LogP contribution in [-0.2, 0) is 18.3 Å². The average Bonchev–Trinajstić information content (AvgIpc) is 2.70. The molecule has 0 saturated carbocycles. The maximum absolute atomic E-state index is 9.08. The molecule has 0 bridgehead atoms. The zero-order valence-corrected chi connectivity index (χ0v) is 12.5. The molecule has 0 amide bonds. The van der Waals surface area contributed by atoms with Gasteiger partial charge in [0.25, 0.3) is 0 Å². The van der Waals surface area contributed by atoms with Crippen LogP contribution in [-0.4, -0.2) is 36.0 Å². The lowest BCUT2D eigenvalue weighted by Gasteiger charge is -2.17. The summed E-state index contributed by atoms with van der Waals surface area (Å²) >= 11 is 0. The fourth-order valence-corrected chi connectivity index (χ4v) is 2.73. The number of nitrogens with zero attached hydrogens (tertiary/aromatic N) is 1. The second-order valence-corrected chi connectivity index (χ2v) is 5.19. The summed E-state index contributed by atoms with van der Waals surface area (Å²) < 4.78 is 7.42. The Morgan fingerprint density at radius 3 is 2.75 bits per heavy atom. The first-order valence-corrected chi connectivity index (χ1v) is 7.05. The second kappa shape index (κ2) is 6.88. The largest absolute Gasteiger partial charge is 0.396 e. The van der Waals surface area contributed by atoms with Crippen molar-refractivity contribution in [1.29, 1.82) is 0 Å². The summed E-state index contributed by atoms with van der Waals surface area (Å²) in [5, 5.41) is 13.9. The number of hydrogen-bond acceptors (Lipinski definition) is 3. The molecular formula is C16H24N2O2. The number of aliphatic hydroxyl groups is 1. The van der Waals surface area contributed by atoms with Gasteiger partial charge >= 0.3 is 0 Å². The van der Waals surface area contributed by atoms with Gasteiger partial charge in [0, 0.05) is 49.9 Å². The zero-order chi connectivity index (χ0) is 14.5. The molecule has 0 spiro atoms. The molecular weight excluding hydrogens is 252 g/mol. The van der Waals surface area contributed by atoms with Crippen molar-refractivity contribution in [2.75, 3.05) is 20.3 Å². The minimum Gasteiger partial charge on any atom is -0.396 e. The number of fused-ring (bicyclic) bond motifs is 1. The van der Waals surface area contributed by atoms with E-state index in [1.807, 2.05) is 0 Å². The van der Waals surface area contributed by atoms with E-state index in [0.717, 1.165) is 6.54 Å². The SMILES string of the molecule is COCC(CCO)NCc1c(C)c2ccccc2n1C. The van der Waals surface area contributed by atoms with Crippen molar-refractivity contribution in [2.24, 2.45) is 7.05 Å². The molecule has 1 atom stereocenters. The Kier molecular flexibility index (Phi) is 5.17. The smallest absolute Gasteiger partial charge is 0.0616 e. The summed E-state index contributed by atoms with van der Waals surface area (Å²) in [6.45, 7) is 3.74. The molecule has 2 N–H and O–H groups in total. The summed E-state index contributed by atoms with van der Waals surface area (Å²) in [4.78, 5) is 0. The van der Waals surface area contributed by atoms with Gasteiger partial charge < -0.3 is 19.7 Å². The van der Waals surface area contributed by atoms with Crippen LogP contribution in [0.3, 0.4) is 0 Å². The number of hydrogen-bond donors (Lipinski definition) is 2. The number of aromatic nitrogens is 1. The number of aryl methyl sites for hydroxylation is 2. The highest BCUT2D eigenvalue weighted by Crippen LogP contribution is 2.24. The highest BCUT2D eigenvalue weighted by molar-refractivity contribution is 5.85. The Bertz CT molecular complexity index is 518. The molecule has 110 valence electrons. The van der Waals surface area contributed by atoms with Crippen LogP contribution in [0, 0.1) is 6.92 Å². The minimum absolute atomic E-state index is 0.176. The van der Waals surface area contributed by atoms with Crippen LogP contribution in [0.1, 0.15) is 17.7 Å². The lowest BCUT2D eigenvalue weighted by molar-refractivity contribution is 0.147. The van der Waals surface area contributed by atoms with Gasteiger partial charge in [0.15, 0.2) is 0 Å². The van der Waals surface area contributed by atoms with Crippen molar-refractivity contribution in [3.63, 3.8) is 0 Å². The van der Waals surface area contributed by atoms with E-state index in [9.17, 15) is 0 Å². The molecule has 4 nitrogen and oxygen atoms in total. The van der Waals surface area contributed by atoms with Gasteiger partial charge in [-0.25, -0.2) is 0 Å². The third-order valence-corrected chi connectivity index (χ3v) is 3.91. The molecule has 20 heavy (non-hydrogen) atoms. The van der Waals surface area contributed by atoms with E-state index in [0.29, 0.717) is 13.0 Å². The first-order valence-electron chi connectivity index (χ1n) is 7.05. The molecule has 1 heterocycles. The van der Waals surface area contributed by atoms with Crippen LogP contribution >= 0.6 is 0 Å². The van der Waals surface area contributed by atoms with Crippen molar-refractivity contribution >= 4 is 10.9 Å². The maximum atomic E-state index is 9.08. The van der Waals surface area contributed by atoms with Gasteiger partial charge in [-0.3, -0.25) is 0 Å². The number of aliphatic hydroxyl groups excluding tert-OH is 1. The van der Waals surface area contributed by atoms with E-state index < -0.39 is 0 Å². The quantitative estimate of drug-likeness (QED) is 0.813. The van der Waals surface area contributed by atoms with E-state index in [4.69, 9.17) is 9.84 Å². The molecule has 2 rings (SSSR count). The van der Waals surface area contributed by atoms with Crippen molar-refractivity contribution in [2.45, 2.75) is 25.9 Å². The van der Waals surface area contributed by atoms with Crippen molar-refractivity contribution in [3.8, 4) is 0 Å². The number of ether oxygens (including phenoxy) is 1. The van der Waals surface area contributed by atoms with Crippen LogP contribution in [0.15, 0.2) is 24.3 Å². The molecule has 1 aromatic carbocycles. The standard InChI is InChI=1S/C16H24N2O2/c1-12-14-6-4-5-7-15(14)18(2)16(12)10-17-13(8-9-19)11-20-3/h4-7,13,17,19H,8-11H2,1-3H3. The Morgan fingerprint density at radius 2 is 2.10 bits per heavy atom. The molecule has 0 aliphatic carbocycles. The molecule has 4 heteroatoms. The third-order valence-electron chi connectivity index (χ3n) is 3.91. The Morgan fingerprint density at radius 1 is 1.35 bits per heavy atom. The van der Waals surface area contributed by atoms with Crippen molar-refractivity contribution in [1.82, 2.24) is 9.88 Å². The minimum atomic E-state index is 0.176. The Balaban J connectivity index is 2.17. The summed E-state index contributed by atoms with van der Waals surface area (Å²) in [7, 11) is 3.79.